The van der Waals surface area contributed by atoms with Crippen LogP contribution in [-0.2, 0) is 10.2 Å². The van der Waals surface area contributed by atoms with E-state index in [1.165, 1.54) is 0 Å². The van der Waals surface area contributed by atoms with Crippen molar-refractivity contribution < 1.29 is 9.53 Å². The molecule has 0 aliphatic heterocycles. The quantitative estimate of drug-likeness (QED) is 0.787. The van der Waals surface area contributed by atoms with Gasteiger partial charge in [0.25, 0.3) is 0 Å². The molecule has 0 amide bonds. The lowest BCUT2D eigenvalue weighted by Crippen LogP contribution is -2.16. The molecule has 0 N–H and O–H groups in total. The molecule has 0 saturated heterocycles. The highest BCUT2D eigenvalue weighted by atomic mass is 16.5. The van der Waals surface area contributed by atoms with Crippen LogP contribution >= 0.6 is 0 Å². The molecule has 0 radical (unpaired) electrons. The van der Waals surface area contributed by atoms with Crippen LogP contribution in [0.4, 0.5) is 0 Å². The first-order valence-electron chi connectivity index (χ1n) is 6.49. The molecule has 0 saturated carbocycles. The predicted octanol–water partition coefficient (Wildman–Crippen LogP) is 3.29. The fraction of sp³-hybridized carbons (Fsp3) is 0.438. The van der Waals surface area contributed by atoms with Gasteiger partial charge in [0.05, 0.1) is 35.6 Å². The number of hydrogen-bond acceptors (Lipinski definition) is 4. The summed E-state index contributed by atoms with van der Waals surface area (Å²) < 4.78 is 4.99. The van der Waals surface area contributed by atoms with Gasteiger partial charge < -0.3 is 4.74 Å². The third-order valence-electron chi connectivity index (χ3n) is 3.16. The van der Waals surface area contributed by atoms with Crippen LogP contribution in [0.15, 0.2) is 18.2 Å². The van der Waals surface area contributed by atoms with E-state index in [2.05, 4.69) is 12.1 Å². The third kappa shape index (κ3) is 3.36. The highest BCUT2D eigenvalue weighted by molar-refractivity contribution is 5.90. The van der Waals surface area contributed by atoms with Crippen molar-refractivity contribution >= 4 is 5.97 Å². The van der Waals surface area contributed by atoms with Gasteiger partial charge in [-0.2, -0.15) is 10.5 Å². The molecule has 1 aromatic rings. The number of benzene rings is 1. The maximum atomic E-state index is 11.9. The van der Waals surface area contributed by atoms with Crippen molar-refractivity contribution in [1.29, 1.82) is 10.5 Å². The largest absolute Gasteiger partial charge is 0.462 e. The van der Waals surface area contributed by atoms with Crippen molar-refractivity contribution in [1.82, 2.24) is 0 Å². The van der Waals surface area contributed by atoms with Gasteiger partial charge in [0, 0.05) is 0 Å². The first-order chi connectivity index (χ1) is 9.35. The number of hydrogen-bond donors (Lipinski definition) is 0. The summed E-state index contributed by atoms with van der Waals surface area (Å²) in [5.41, 5.74) is 1.08. The molecule has 1 rings (SSSR count). The standard InChI is InChI=1S/C16H18N2O2/c1-5-20-15(19)13-6-12(11(2)9-17)7-14(8-13)16(3,4)10-18/h6-8,11H,5H2,1-4H3. The van der Waals surface area contributed by atoms with Crippen LogP contribution in [0.5, 0.6) is 0 Å². The van der Waals surface area contributed by atoms with Crippen molar-refractivity contribution in [3.05, 3.63) is 34.9 Å². The third-order valence-corrected chi connectivity index (χ3v) is 3.16. The van der Waals surface area contributed by atoms with Crippen LogP contribution in [0, 0.1) is 22.7 Å². The number of nitrogens with zero attached hydrogens (tertiary/aromatic N) is 2. The minimum atomic E-state index is -0.730. The number of esters is 1. The van der Waals surface area contributed by atoms with Gasteiger partial charge in [-0.05, 0) is 51.0 Å². The molecule has 0 spiro atoms. The summed E-state index contributed by atoms with van der Waals surface area (Å²) in [4.78, 5) is 11.9. The minimum absolute atomic E-state index is 0.286. The number of ether oxygens (including phenoxy) is 1. The fourth-order valence-corrected chi connectivity index (χ4v) is 1.73. The van der Waals surface area contributed by atoms with Crippen LogP contribution in [-0.4, -0.2) is 12.6 Å². The summed E-state index contributed by atoms with van der Waals surface area (Å²) in [5, 5.41) is 18.3. The first-order valence-corrected chi connectivity index (χ1v) is 6.49. The Labute approximate surface area is 119 Å². The van der Waals surface area contributed by atoms with Gasteiger partial charge in [-0.25, -0.2) is 4.79 Å². The van der Waals surface area contributed by atoms with Crippen LogP contribution in [0.3, 0.4) is 0 Å². The summed E-state index contributed by atoms with van der Waals surface area (Å²) in [6.07, 6.45) is 0. The van der Waals surface area contributed by atoms with E-state index in [4.69, 9.17) is 10.00 Å². The zero-order valence-corrected chi connectivity index (χ0v) is 12.2. The molecular formula is C16H18N2O2. The van der Waals surface area contributed by atoms with Gasteiger partial charge in [0.1, 0.15) is 0 Å². The Kier molecular flexibility index (Phi) is 4.88. The molecule has 0 heterocycles. The van der Waals surface area contributed by atoms with Crippen LogP contribution in [0.25, 0.3) is 0 Å². The van der Waals surface area contributed by atoms with Gasteiger partial charge >= 0.3 is 5.97 Å². The average molecular weight is 270 g/mol. The Hall–Kier alpha value is -2.33. The maximum absolute atomic E-state index is 11.9. The van der Waals surface area contributed by atoms with E-state index in [1.807, 2.05) is 0 Å². The number of rotatable bonds is 4. The van der Waals surface area contributed by atoms with Crippen molar-refractivity contribution in [2.75, 3.05) is 6.61 Å². The van der Waals surface area contributed by atoms with Crippen molar-refractivity contribution in [2.24, 2.45) is 0 Å². The maximum Gasteiger partial charge on any atom is 0.338 e. The number of carbonyl (C=O) groups is 1. The van der Waals surface area contributed by atoms with Gasteiger partial charge in [-0.1, -0.05) is 6.07 Å². The number of nitriles is 2. The molecule has 1 unspecified atom stereocenters. The Balaban J connectivity index is 3.41. The normalized spacial score (nSPS) is 12.1. The van der Waals surface area contributed by atoms with Gasteiger partial charge in [0.2, 0.25) is 0 Å². The highest BCUT2D eigenvalue weighted by Crippen LogP contribution is 2.27. The van der Waals surface area contributed by atoms with E-state index < -0.39 is 11.4 Å². The fourth-order valence-electron chi connectivity index (χ4n) is 1.73. The zero-order chi connectivity index (χ0) is 15.3. The lowest BCUT2D eigenvalue weighted by atomic mass is 9.83. The smallest absolute Gasteiger partial charge is 0.338 e. The summed E-state index contributed by atoms with van der Waals surface area (Å²) in [7, 11) is 0. The lowest BCUT2D eigenvalue weighted by Gasteiger charge is -2.19. The van der Waals surface area contributed by atoms with E-state index in [0.29, 0.717) is 11.1 Å². The van der Waals surface area contributed by atoms with E-state index in [1.54, 1.807) is 45.9 Å². The van der Waals surface area contributed by atoms with Gasteiger partial charge in [0.15, 0.2) is 0 Å². The molecule has 1 aromatic carbocycles. The van der Waals surface area contributed by atoms with Crippen molar-refractivity contribution in [2.45, 2.75) is 39.0 Å². The Morgan fingerprint density at radius 1 is 1.35 bits per heavy atom. The second kappa shape index (κ2) is 6.21. The van der Waals surface area contributed by atoms with E-state index in [-0.39, 0.29) is 12.5 Å². The molecule has 0 aliphatic carbocycles. The van der Waals surface area contributed by atoms with E-state index in [0.717, 1.165) is 5.56 Å². The second-order valence-corrected chi connectivity index (χ2v) is 5.15. The first kappa shape index (κ1) is 15.7. The lowest BCUT2D eigenvalue weighted by molar-refractivity contribution is 0.0526. The highest BCUT2D eigenvalue weighted by Gasteiger charge is 2.23. The van der Waals surface area contributed by atoms with Crippen molar-refractivity contribution in [3.8, 4) is 12.1 Å². The summed E-state index contributed by atoms with van der Waals surface area (Å²) in [6.45, 7) is 7.33. The van der Waals surface area contributed by atoms with Crippen LogP contribution in [0.1, 0.15) is 55.1 Å². The van der Waals surface area contributed by atoms with E-state index >= 15 is 0 Å². The van der Waals surface area contributed by atoms with E-state index in [9.17, 15) is 10.1 Å². The van der Waals surface area contributed by atoms with Gasteiger partial charge in [-0.3, -0.25) is 0 Å². The number of carbonyl (C=O) groups excluding carboxylic acids is 1. The summed E-state index contributed by atoms with van der Waals surface area (Å²) >= 11 is 0. The van der Waals surface area contributed by atoms with Gasteiger partial charge in [-0.15, -0.1) is 0 Å². The SMILES string of the molecule is CCOC(=O)c1cc(C(C)C#N)cc(C(C)(C)C#N)c1. The molecule has 0 fully saturated rings. The Morgan fingerprint density at radius 2 is 2.00 bits per heavy atom. The predicted molar refractivity (Wildman–Crippen MR) is 75.1 cm³/mol. The molecule has 0 bridgehead atoms. The van der Waals surface area contributed by atoms with Crippen LogP contribution in [0.2, 0.25) is 0 Å². The summed E-state index contributed by atoms with van der Waals surface area (Å²) in [5.74, 6) is -0.785. The molecule has 0 aliphatic rings. The minimum Gasteiger partial charge on any atom is -0.462 e. The monoisotopic (exact) mass is 270 g/mol. The summed E-state index contributed by atoms with van der Waals surface area (Å²) in [6, 6.07) is 9.47. The molecule has 0 aromatic heterocycles. The Bertz CT molecular complexity index is 591. The molecule has 1 atom stereocenters. The molecule has 4 heteroatoms. The molecular weight excluding hydrogens is 252 g/mol. The zero-order valence-electron chi connectivity index (χ0n) is 12.2. The average Bonchev–Trinajstić information content (AvgIpc) is 2.46. The molecule has 4 nitrogen and oxygen atoms in total. The van der Waals surface area contributed by atoms with Crippen molar-refractivity contribution in [3.63, 3.8) is 0 Å². The molecule has 104 valence electrons. The second-order valence-electron chi connectivity index (χ2n) is 5.15. The molecule has 20 heavy (non-hydrogen) atoms. The van der Waals surface area contributed by atoms with Crippen LogP contribution < -0.4 is 0 Å². The Morgan fingerprint density at radius 3 is 2.50 bits per heavy atom. The topological polar surface area (TPSA) is 73.9 Å².